The molecule has 0 aliphatic rings. The molecule has 24 heavy (non-hydrogen) atoms. The van der Waals surface area contributed by atoms with Crippen molar-refractivity contribution in [1.29, 1.82) is 0 Å². The Hall–Kier alpha value is -2.03. The SMILES string of the molecule is COc1ccc(Cl)cc1S(=O)(=O)Cc1cc(Cl)cc([N+](=O)[O-])c1O. The highest BCUT2D eigenvalue weighted by Crippen LogP contribution is 2.36. The summed E-state index contributed by atoms with van der Waals surface area (Å²) in [5.41, 5.74) is -0.873. The van der Waals surface area contributed by atoms with Gasteiger partial charge in [0.05, 0.1) is 17.8 Å². The number of aromatic hydroxyl groups is 1. The predicted octanol–water partition coefficient (Wildman–Crippen LogP) is 3.59. The third kappa shape index (κ3) is 3.72. The standard InChI is InChI=1S/C14H11Cl2NO6S/c1-23-12-3-2-9(15)6-13(12)24(21,22)7-8-4-10(16)5-11(14(8)18)17(19)20/h2-6,18H,7H2,1H3. The molecule has 0 radical (unpaired) electrons. The van der Waals surface area contributed by atoms with Crippen molar-refractivity contribution < 1.29 is 23.2 Å². The number of hydrogen-bond acceptors (Lipinski definition) is 6. The molecular weight excluding hydrogens is 381 g/mol. The highest BCUT2D eigenvalue weighted by atomic mass is 35.5. The topological polar surface area (TPSA) is 107 Å². The third-order valence-electron chi connectivity index (χ3n) is 3.14. The fourth-order valence-corrected chi connectivity index (χ4v) is 4.09. The average molecular weight is 392 g/mol. The highest BCUT2D eigenvalue weighted by molar-refractivity contribution is 7.90. The number of halogens is 2. The van der Waals surface area contributed by atoms with Crippen molar-refractivity contribution >= 4 is 38.7 Å². The summed E-state index contributed by atoms with van der Waals surface area (Å²) >= 11 is 11.6. The van der Waals surface area contributed by atoms with E-state index in [0.29, 0.717) is 0 Å². The molecule has 0 bridgehead atoms. The van der Waals surface area contributed by atoms with Crippen molar-refractivity contribution in [2.75, 3.05) is 7.11 Å². The first-order valence-corrected chi connectivity index (χ1v) is 8.78. The quantitative estimate of drug-likeness (QED) is 0.616. The van der Waals surface area contributed by atoms with Crippen molar-refractivity contribution in [3.05, 3.63) is 56.1 Å². The summed E-state index contributed by atoms with van der Waals surface area (Å²) in [7, 11) is -2.72. The maximum atomic E-state index is 12.6. The van der Waals surface area contributed by atoms with Gasteiger partial charge in [-0.3, -0.25) is 10.1 Å². The van der Waals surface area contributed by atoms with E-state index in [2.05, 4.69) is 0 Å². The molecule has 128 valence electrons. The first kappa shape index (κ1) is 18.3. The number of rotatable bonds is 5. The second-order valence-corrected chi connectivity index (χ2v) is 7.57. The number of methoxy groups -OCH3 is 1. The molecule has 0 unspecified atom stereocenters. The van der Waals surface area contributed by atoms with Crippen LogP contribution in [-0.2, 0) is 15.6 Å². The first-order chi connectivity index (χ1) is 11.2. The smallest absolute Gasteiger partial charge is 0.312 e. The van der Waals surface area contributed by atoms with Crippen LogP contribution < -0.4 is 4.74 Å². The van der Waals surface area contributed by atoms with Crippen molar-refractivity contribution in [2.24, 2.45) is 0 Å². The van der Waals surface area contributed by atoms with Crippen LogP contribution in [0.5, 0.6) is 11.5 Å². The van der Waals surface area contributed by atoms with Crippen molar-refractivity contribution in [1.82, 2.24) is 0 Å². The molecule has 0 aliphatic carbocycles. The highest BCUT2D eigenvalue weighted by Gasteiger charge is 2.26. The molecule has 1 N–H and O–H groups in total. The summed E-state index contributed by atoms with van der Waals surface area (Å²) in [6.07, 6.45) is 0. The lowest BCUT2D eigenvalue weighted by atomic mass is 10.2. The fraction of sp³-hybridized carbons (Fsp3) is 0.143. The summed E-state index contributed by atoms with van der Waals surface area (Å²) in [5.74, 6) is -1.40. The molecule has 2 aromatic carbocycles. The van der Waals surface area contributed by atoms with E-state index in [4.69, 9.17) is 27.9 Å². The molecule has 0 atom stereocenters. The van der Waals surface area contributed by atoms with Gasteiger partial charge in [-0.05, 0) is 24.3 Å². The Morgan fingerprint density at radius 2 is 1.88 bits per heavy atom. The molecule has 0 spiro atoms. The molecule has 0 aromatic heterocycles. The van der Waals surface area contributed by atoms with Crippen LogP contribution >= 0.6 is 23.2 Å². The first-order valence-electron chi connectivity index (χ1n) is 6.38. The second-order valence-electron chi connectivity index (χ2n) is 4.74. The van der Waals surface area contributed by atoms with Gasteiger partial charge in [0.25, 0.3) is 0 Å². The van der Waals surface area contributed by atoms with Crippen LogP contribution in [0, 0.1) is 10.1 Å². The predicted molar refractivity (Wildman–Crippen MR) is 88.7 cm³/mol. The Bertz CT molecular complexity index is 914. The number of ether oxygens (including phenoxy) is 1. The molecule has 2 aromatic rings. The zero-order valence-corrected chi connectivity index (χ0v) is 14.5. The second kappa shape index (κ2) is 6.84. The Morgan fingerprint density at radius 1 is 1.21 bits per heavy atom. The minimum atomic E-state index is -4.01. The monoisotopic (exact) mass is 391 g/mol. The lowest BCUT2D eigenvalue weighted by molar-refractivity contribution is -0.385. The van der Waals surface area contributed by atoms with E-state index in [1.807, 2.05) is 0 Å². The van der Waals surface area contributed by atoms with Gasteiger partial charge >= 0.3 is 5.69 Å². The summed E-state index contributed by atoms with van der Waals surface area (Å²) in [4.78, 5) is 9.86. The Labute approximate surface area is 147 Å². The zero-order chi connectivity index (χ0) is 18.1. The molecule has 0 saturated carbocycles. The van der Waals surface area contributed by atoms with E-state index >= 15 is 0 Å². The van der Waals surface area contributed by atoms with E-state index in [0.717, 1.165) is 12.1 Å². The van der Waals surface area contributed by atoms with E-state index in [1.54, 1.807) is 0 Å². The largest absolute Gasteiger partial charge is 0.502 e. The van der Waals surface area contributed by atoms with Crippen LogP contribution in [0.4, 0.5) is 5.69 Å². The Kier molecular flexibility index (Phi) is 5.22. The van der Waals surface area contributed by atoms with Crippen molar-refractivity contribution in [2.45, 2.75) is 10.6 Å². The van der Waals surface area contributed by atoms with Crippen LogP contribution in [-0.4, -0.2) is 25.6 Å². The maximum absolute atomic E-state index is 12.6. The van der Waals surface area contributed by atoms with E-state index in [1.165, 1.54) is 25.3 Å². The lowest BCUT2D eigenvalue weighted by Gasteiger charge is -2.11. The Morgan fingerprint density at radius 3 is 2.46 bits per heavy atom. The van der Waals surface area contributed by atoms with Crippen LogP contribution in [0.1, 0.15) is 5.56 Å². The average Bonchev–Trinajstić information content (AvgIpc) is 2.50. The van der Waals surface area contributed by atoms with Crippen molar-refractivity contribution in [3.8, 4) is 11.5 Å². The molecule has 0 amide bonds. The third-order valence-corrected chi connectivity index (χ3v) is 5.27. The zero-order valence-electron chi connectivity index (χ0n) is 12.2. The lowest BCUT2D eigenvalue weighted by Crippen LogP contribution is -2.08. The summed E-state index contributed by atoms with van der Waals surface area (Å²) < 4.78 is 30.2. The fourth-order valence-electron chi connectivity index (χ4n) is 2.07. The van der Waals surface area contributed by atoms with Gasteiger partial charge in [0, 0.05) is 21.7 Å². The maximum Gasteiger partial charge on any atom is 0.312 e. The van der Waals surface area contributed by atoms with Gasteiger partial charge in [0.15, 0.2) is 15.6 Å². The van der Waals surface area contributed by atoms with Crippen LogP contribution in [0.2, 0.25) is 10.0 Å². The number of nitro benzene ring substituents is 1. The molecule has 0 saturated heterocycles. The molecule has 2 rings (SSSR count). The number of nitrogens with zero attached hydrogens (tertiary/aromatic N) is 1. The van der Waals surface area contributed by atoms with E-state index < -0.39 is 32.0 Å². The number of phenols is 1. The number of nitro groups is 1. The number of hydrogen-bond donors (Lipinski definition) is 1. The van der Waals surface area contributed by atoms with Gasteiger partial charge in [-0.2, -0.15) is 0 Å². The summed E-state index contributed by atoms with van der Waals surface area (Å²) in [5, 5.41) is 21.0. The van der Waals surface area contributed by atoms with Gasteiger partial charge in [-0.1, -0.05) is 23.2 Å². The molecule has 0 aliphatic heterocycles. The summed E-state index contributed by atoms with van der Waals surface area (Å²) in [6, 6.07) is 6.13. The van der Waals surface area contributed by atoms with Gasteiger partial charge in [0.2, 0.25) is 0 Å². The summed E-state index contributed by atoms with van der Waals surface area (Å²) in [6.45, 7) is 0. The van der Waals surface area contributed by atoms with E-state index in [9.17, 15) is 23.6 Å². The van der Waals surface area contributed by atoms with Crippen LogP contribution in [0.15, 0.2) is 35.2 Å². The molecule has 0 fully saturated rings. The minimum Gasteiger partial charge on any atom is -0.502 e. The normalized spacial score (nSPS) is 11.3. The molecular formula is C14H11Cl2NO6S. The van der Waals surface area contributed by atoms with Gasteiger partial charge < -0.3 is 9.84 Å². The van der Waals surface area contributed by atoms with Gasteiger partial charge in [-0.15, -0.1) is 0 Å². The van der Waals surface area contributed by atoms with Crippen LogP contribution in [0.3, 0.4) is 0 Å². The minimum absolute atomic E-state index is 0.0652. The van der Waals surface area contributed by atoms with Crippen molar-refractivity contribution in [3.63, 3.8) is 0 Å². The molecule has 10 heteroatoms. The number of phenolic OH excluding ortho intramolecular Hbond substituents is 1. The molecule has 7 nitrogen and oxygen atoms in total. The van der Waals surface area contributed by atoms with Gasteiger partial charge in [-0.25, -0.2) is 8.42 Å². The van der Waals surface area contributed by atoms with Gasteiger partial charge in [0.1, 0.15) is 10.6 Å². The van der Waals surface area contributed by atoms with E-state index in [-0.39, 0.29) is 26.3 Å². The number of sulfone groups is 1. The molecule has 0 heterocycles. The Balaban J connectivity index is 2.55. The van der Waals surface area contributed by atoms with Crippen LogP contribution in [0.25, 0.3) is 0 Å². The number of benzene rings is 2.